The van der Waals surface area contributed by atoms with Crippen molar-refractivity contribution in [1.82, 2.24) is 4.98 Å². The first-order chi connectivity index (χ1) is 6.57. The van der Waals surface area contributed by atoms with E-state index in [1.165, 1.54) is 0 Å². The SMILES string of the molecule is CCc1nc(C2(C)CC2)oc1C(=O)O. The number of carbonyl (C=O) groups is 1. The first-order valence-corrected chi connectivity index (χ1v) is 4.80. The van der Waals surface area contributed by atoms with E-state index in [4.69, 9.17) is 9.52 Å². The van der Waals surface area contributed by atoms with Gasteiger partial charge in [0.05, 0.1) is 5.69 Å². The second-order valence-corrected chi connectivity index (χ2v) is 4.01. The Balaban J connectivity index is 2.41. The molecule has 1 saturated carbocycles. The third-order valence-corrected chi connectivity index (χ3v) is 2.74. The van der Waals surface area contributed by atoms with E-state index in [1.54, 1.807) is 0 Å². The van der Waals surface area contributed by atoms with Gasteiger partial charge >= 0.3 is 5.97 Å². The first kappa shape index (κ1) is 9.24. The molecular weight excluding hydrogens is 182 g/mol. The second-order valence-electron chi connectivity index (χ2n) is 4.01. The zero-order valence-corrected chi connectivity index (χ0v) is 8.33. The van der Waals surface area contributed by atoms with E-state index < -0.39 is 5.97 Å². The molecule has 76 valence electrons. The normalized spacial score (nSPS) is 18.1. The summed E-state index contributed by atoms with van der Waals surface area (Å²) in [4.78, 5) is 15.0. The van der Waals surface area contributed by atoms with Crippen molar-refractivity contribution in [2.24, 2.45) is 0 Å². The van der Waals surface area contributed by atoms with Crippen molar-refractivity contribution in [3.8, 4) is 0 Å². The molecule has 1 heterocycles. The van der Waals surface area contributed by atoms with Gasteiger partial charge < -0.3 is 9.52 Å². The summed E-state index contributed by atoms with van der Waals surface area (Å²) in [6, 6.07) is 0. The van der Waals surface area contributed by atoms with Gasteiger partial charge in [0.1, 0.15) is 0 Å². The summed E-state index contributed by atoms with van der Waals surface area (Å²) in [7, 11) is 0. The molecule has 1 aromatic heterocycles. The van der Waals surface area contributed by atoms with Crippen molar-refractivity contribution in [2.75, 3.05) is 0 Å². The van der Waals surface area contributed by atoms with Crippen LogP contribution in [0.25, 0.3) is 0 Å². The Bertz CT molecular complexity index is 377. The Morgan fingerprint density at radius 3 is 2.64 bits per heavy atom. The van der Waals surface area contributed by atoms with Crippen LogP contribution < -0.4 is 0 Å². The predicted molar refractivity (Wildman–Crippen MR) is 49.4 cm³/mol. The minimum atomic E-state index is -1.02. The monoisotopic (exact) mass is 195 g/mol. The van der Waals surface area contributed by atoms with Crippen LogP contribution >= 0.6 is 0 Å². The van der Waals surface area contributed by atoms with E-state index in [1.807, 2.05) is 13.8 Å². The zero-order valence-electron chi connectivity index (χ0n) is 8.33. The van der Waals surface area contributed by atoms with Crippen molar-refractivity contribution in [3.63, 3.8) is 0 Å². The van der Waals surface area contributed by atoms with Crippen LogP contribution in [0.2, 0.25) is 0 Å². The van der Waals surface area contributed by atoms with Gasteiger partial charge in [-0.3, -0.25) is 0 Å². The lowest BCUT2D eigenvalue weighted by molar-refractivity contribution is 0.0658. The summed E-state index contributed by atoms with van der Waals surface area (Å²) in [6.07, 6.45) is 2.67. The molecule has 1 aliphatic rings. The van der Waals surface area contributed by atoms with Crippen LogP contribution in [-0.4, -0.2) is 16.1 Å². The van der Waals surface area contributed by atoms with E-state index >= 15 is 0 Å². The Morgan fingerprint density at radius 2 is 2.29 bits per heavy atom. The third-order valence-electron chi connectivity index (χ3n) is 2.74. The number of aromatic nitrogens is 1. The minimum Gasteiger partial charge on any atom is -0.475 e. The Kier molecular flexibility index (Phi) is 1.87. The van der Waals surface area contributed by atoms with Gasteiger partial charge in [-0.15, -0.1) is 0 Å². The van der Waals surface area contributed by atoms with E-state index in [0.29, 0.717) is 18.0 Å². The molecule has 14 heavy (non-hydrogen) atoms. The van der Waals surface area contributed by atoms with E-state index in [9.17, 15) is 4.79 Å². The third kappa shape index (κ3) is 1.31. The topological polar surface area (TPSA) is 63.3 Å². The molecule has 0 radical (unpaired) electrons. The van der Waals surface area contributed by atoms with Gasteiger partial charge in [0.25, 0.3) is 0 Å². The minimum absolute atomic E-state index is 0.00236. The lowest BCUT2D eigenvalue weighted by atomic mass is 10.1. The number of nitrogens with zero attached hydrogens (tertiary/aromatic N) is 1. The quantitative estimate of drug-likeness (QED) is 0.801. The molecular formula is C10H13NO3. The highest BCUT2D eigenvalue weighted by atomic mass is 16.4. The van der Waals surface area contributed by atoms with Gasteiger partial charge in [0.2, 0.25) is 11.7 Å². The van der Waals surface area contributed by atoms with Gasteiger partial charge in [0, 0.05) is 5.41 Å². The Labute approximate surface area is 81.9 Å². The van der Waals surface area contributed by atoms with E-state index in [-0.39, 0.29) is 11.2 Å². The molecule has 0 saturated heterocycles. The van der Waals surface area contributed by atoms with Crippen LogP contribution in [0.15, 0.2) is 4.42 Å². The summed E-state index contributed by atoms with van der Waals surface area (Å²) < 4.78 is 5.28. The first-order valence-electron chi connectivity index (χ1n) is 4.80. The fourth-order valence-corrected chi connectivity index (χ4v) is 1.42. The van der Waals surface area contributed by atoms with Gasteiger partial charge in [-0.1, -0.05) is 13.8 Å². The van der Waals surface area contributed by atoms with Crippen LogP contribution in [-0.2, 0) is 11.8 Å². The van der Waals surface area contributed by atoms with Crippen molar-refractivity contribution in [1.29, 1.82) is 0 Å². The predicted octanol–water partition coefficient (Wildman–Crippen LogP) is 1.99. The molecule has 0 unspecified atom stereocenters. The Hall–Kier alpha value is -1.32. The van der Waals surface area contributed by atoms with Crippen molar-refractivity contribution in [2.45, 2.75) is 38.5 Å². The van der Waals surface area contributed by atoms with E-state index in [0.717, 1.165) is 12.8 Å². The highest BCUT2D eigenvalue weighted by Crippen LogP contribution is 2.47. The van der Waals surface area contributed by atoms with Gasteiger partial charge in [-0.2, -0.15) is 0 Å². The number of rotatable bonds is 3. The van der Waals surface area contributed by atoms with Crippen LogP contribution in [0.5, 0.6) is 0 Å². The molecule has 0 aliphatic heterocycles. The lowest BCUT2D eigenvalue weighted by Gasteiger charge is -1.98. The number of hydrogen-bond donors (Lipinski definition) is 1. The highest BCUT2D eigenvalue weighted by molar-refractivity contribution is 5.85. The van der Waals surface area contributed by atoms with Crippen molar-refractivity contribution in [3.05, 3.63) is 17.3 Å². The average molecular weight is 195 g/mol. The van der Waals surface area contributed by atoms with Gasteiger partial charge in [-0.05, 0) is 19.3 Å². The number of aryl methyl sites for hydroxylation is 1. The summed E-state index contributed by atoms with van der Waals surface area (Å²) in [5.41, 5.74) is 0.554. The molecule has 4 nitrogen and oxygen atoms in total. The maximum absolute atomic E-state index is 10.8. The van der Waals surface area contributed by atoms with Crippen molar-refractivity contribution < 1.29 is 14.3 Å². The van der Waals surface area contributed by atoms with Crippen LogP contribution in [0.1, 0.15) is 48.8 Å². The number of hydrogen-bond acceptors (Lipinski definition) is 3. The van der Waals surface area contributed by atoms with Gasteiger partial charge in [0.15, 0.2) is 0 Å². The van der Waals surface area contributed by atoms with Crippen molar-refractivity contribution >= 4 is 5.97 Å². The fraction of sp³-hybridized carbons (Fsp3) is 0.600. The van der Waals surface area contributed by atoms with E-state index in [2.05, 4.69) is 4.98 Å². The number of carboxylic acid groups (broad SMARTS) is 1. The zero-order chi connectivity index (χ0) is 10.3. The summed E-state index contributed by atoms with van der Waals surface area (Å²) in [5.74, 6) is -0.424. The second kappa shape index (κ2) is 2.83. The van der Waals surface area contributed by atoms with Crippen LogP contribution in [0, 0.1) is 0 Å². The maximum Gasteiger partial charge on any atom is 0.373 e. The smallest absolute Gasteiger partial charge is 0.373 e. The molecule has 2 rings (SSSR count). The number of aromatic carboxylic acids is 1. The molecule has 0 aromatic carbocycles. The maximum atomic E-state index is 10.8. The molecule has 0 spiro atoms. The van der Waals surface area contributed by atoms with Crippen LogP contribution in [0.4, 0.5) is 0 Å². The Morgan fingerprint density at radius 1 is 1.64 bits per heavy atom. The van der Waals surface area contributed by atoms with Gasteiger partial charge in [-0.25, -0.2) is 9.78 Å². The highest BCUT2D eigenvalue weighted by Gasteiger charge is 2.44. The lowest BCUT2D eigenvalue weighted by Crippen LogP contribution is -1.99. The molecule has 1 aromatic rings. The molecule has 4 heteroatoms. The standard InChI is InChI=1S/C10H13NO3/c1-3-6-7(8(12)13)14-9(11-6)10(2)4-5-10/h3-5H2,1-2H3,(H,12,13). The summed E-state index contributed by atoms with van der Waals surface area (Å²) in [6.45, 7) is 3.92. The largest absolute Gasteiger partial charge is 0.475 e. The molecule has 1 fully saturated rings. The molecule has 1 aliphatic carbocycles. The number of carboxylic acids is 1. The molecule has 1 N–H and O–H groups in total. The average Bonchev–Trinajstić information content (AvgIpc) is 2.74. The molecule has 0 bridgehead atoms. The number of oxazole rings is 1. The van der Waals surface area contributed by atoms with Crippen LogP contribution in [0.3, 0.4) is 0 Å². The molecule has 0 amide bonds. The fourth-order valence-electron chi connectivity index (χ4n) is 1.42. The molecule has 0 atom stereocenters. The summed E-state index contributed by atoms with van der Waals surface area (Å²) >= 11 is 0. The summed E-state index contributed by atoms with van der Waals surface area (Å²) in [5, 5.41) is 8.86.